The van der Waals surface area contributed by atoms with Crippen molar-refractivity contribution in [1.29, 1.82) is 0 Å². The van der Waals surface area contributed by atoms with Crippen LogP contribution in [0.1, 0.15) is 28.7 Å². The number of carbonyl (C=O) groups is 1. The van der Waals surface area contributed by atoms with Crippen LogP contribution >= 0.6 is 0 Å². The maximum absolute atomic E-state index is 13.7. The van der Waals surface area contributed by atoms with E-state index < -0.39 is 5.92 Å². The second-order valence-corrected chi connectivity index (χ2v) is 7.39. The number of amides is 1. The SMILES string of the molecule is CN(C)C(CNC(=O)C1c2ccccc2Oc2ccccc21)c1cccc(F)c1. The van der Waals surface area contributed by atoms with Crippen LogP contribution in [0.3, 0.4) is 0 Å². The highest BCUT2D eigenvalue weighted by molar-refractivity contribution is 5.89. The van der Waals surface area contributed by atoms with E-state index in [4.69, 9.17) is 4.74 Å². The van der Waals surface area contributed by atoms with Gasteiger partial charge in [-0.05, 0) is 43.9 Å². The summed E-state index contributed by atoms with van der Waals surface area (Å²) in [5.74, 6) is 0.553. The largest absolute Gasteiger partial charge is 0.457 e. The fraction of sp³-hybridized carbons (Fsp3) is 0.208. The van der Waals surface area contributed by atoms with Gasteiger partial charge in [-0.1, -0.05) is 48.5 Å². The second-order valence-electron chi connectivity index (χ2n) is 7.39. The molecule has 5 heteroatoms. The number of halogens is 1. The molecule has 0 spiro atoms. The number of nitrogens with zero attached hydrogens (tertiary/aromatic N) is 1. The summed E-state index contributed by atoms with van der Waals surface area (Å²) >= 11 is 0. The van der Waals surface area contributed by atoms with Gasteiger partial charge in [-0.2, -0.15) is 0 Å². The summed E-state index contributed by atoms with van der Waals surface area (Å²) in [4.78, 5) is 15.3. The van der Waals surface area contributed by atoms with Crippen LogP contribution in [0.25, 0.3) is 0 Å². The van der Waals surface area contributed by atoms with Crippen molar-refractivity contribution in [2.75, 3.05) is 20.6 Å². The van der Waals surface area contributed by atoms with Crippen molar-refractivity contribution < 1.29 is 13.9 Å². The fourth-order valence-electron chi connectivity index (χ4n) is 3.80. The molecule has 1 unspecified atom stereocenters. The molecule has 1 heterocycles. The minimum Gasteiger partial charge on any atom is -0.457 e. The Balaban J connectivity index is 1.60. The van der Waals surface area contributed by atoms with E-state index in [-0.39, 0.29) is 17.8 Å². The molecule has 1 aliphatic heterocycles. The molecule has 1 N–H and O–H groups in total. The van der Waals surface area contributed by atoms with Crippen molar-refractivity contribution >= 4 is 5.91 Å². The molecule has 0 radical (unpaired) electrons. The van der Waals surface area contributed by atoms with Crippen molar-refractivity contribution in [3.63, 3.8) is 0 Å². The van der Waals surface area contributed by atoms with Gasteiger partial charge >= 0.3 is 0 Å². The molecule has 3 aromatic rings. The van der Waals surface area contributed by atoms with Crippen LogP contribution in [0.5, 0.6) is 11.5 Å². The van der Waals surface area contributed by atoms with Crippen LogP contribution in [0.15, 0.2) is 72.8 Å². The van der Waals surface area contributed by atoms with Crippen LogP contribution in [0, 0.1) is 5.82 Å². The molecule has 0 aliphatic carbocycles. The van der Waals surface area contributed by atoms with Gasteiger partial charge in [-0.3, -0.25) is 4.79 Å². The Morgan fingerprint density at radius 1 is 1.00 bits per heavy atom. The summed E-state index contributed by atoms with van der Waals surface area (Å²) < 4.78 is 19.7. The summed E-state index contributed by atoms with van der Waals surface area (Å²) in [6, 6.07) is 21.6. The summed E-state index contributed by atoms with van der Waals surface area (Å²) in [6.45, 7) is 0.372. The minimum absolute atomic E-state index is 0.101. The Morgan fingerprint density at radius 2 is 1.62 bits per heavy atom. The topological polar surface area (TPSA) is 41.6 Å². The molecular weight excluding hydrogens is 367 g/mol. The number of hydrogen-bond donors (Lipinski definition) is 1. The van der Waals surface area contributed by atoms with E-state index in [0.717, 1.165) is 16.7 Å². The van der Waals surface area contributed by atoms with Gasteiger partial charge in [-0.25, -0.2) is 4.39 Å². The molecule has 0 fully saturated rings. The van der Waals surface area contributed by atoms with Crippen LogP contribution < -0.4 is 10.1 Å². The molecule has 1 atom stereocenters. The number of likely N-dealkylation sites (N-methyl/N-ethyl adjacent to an activating group) is 1. The van der Waals surface area contributed by atoms with E-state index >= 15 is 0 Å². The molecule has 1 amide bonds. The molecule has 3 aromatic carbocycles. The molecule has 0 bridgehead atoms. The van der Waals surface area contributed by atoms with Gasteiger partial charge < -0.3 is 15.0 Å². The Kier molecular flexibility index (Phi) is 5.32. The Labute approximate surface area is 169 Å². The van der Waals surface area contributed by atoms with Gasteiger partial charge in [-0.15, -0.1) is 0 Å². The lowest BCUT2D eigenvalue weighted by atomic mass is 9.87. The zero-order valence-electron chi connectivity index (χ0n) is 16.4. The van der Waals surface area contributed by atoms with E-state index in [1.54, 1.807) is 6.07 Å². The van der Waals surface area contributed by atoms with E-state index in [0.29, 0.717) is 18.0 Å². The highest BCUT2D eigenvalue weighted by atomic mass is 19.1. The highest BCUT2D eigenvalue weighted by Gasteiger charge is 2.32. The van der Waals surface area contributed by atoms with E-state index in [1.165, 1.54) is 12.1 Å². The average molecular weight is 390 g/mol. The van der Waals surface area contributed by atoms with E-state index in [1.807, 2.05) is 73.6 Å². The normalized spacial score (nSPS) is 13.9. The lowest BCUT2D eigenvalue weighted by Gasteiger charge is -2.29. The van der Waals surface area contributed by atoms with E-state index in [9.17, 15) is 9.18 Å². The standard InChI is InChI=1S/C24H23FN2O2/c1-27(2)20(16-8-7-9-17(25)14-16)15-26-24(28)23-18-10-3-5-12-21(18)29-22-13-6-4-11-19(22)23/h3-14,20,23H,15H2,1-2H3,(H,26,28). The van der Waals surface area contributed by atoms with Crippen LogP contribution in [0.4, 0.5) is 4.39 Å². The summed E-state index contributed by atoms with van der Waals surface area (Å²) in [6.07, 6.45) is 0. The third-order valence-corrected chi connectivity index (χ3v) is 5.27. The lowest BCUT2D eigenvalue weighted by Crippen LogP contribution is -2.38. The number of hydrogen-bond acceptors (Lipinski definition) is 3. The average Bonchev–Trinajstić information content (AvgIpc) is 2.71. The minimum atomic E-state index is -0.452. The van der Waals surface area contributed by atoms with Crippen LogP contribution in [-0.2, 0) is 4.79 Å². The van der Waals surface area contributed by atoms with E-state index in [2.05, 4.69) is 5.32 Å². The number of para-hydroxylation sites is 2. The van der Waals surface area contributed by atoms with Gasteiger partial charge in [0.25, 0.3) is 0 Å². The summed E-state index contributed by atoms with van der Waals surface area (Å²) in [5, 5.41) is 3.07. The van der Waals surface area contributed by atoms with Crippen LogP contribution in [0.2, 0.25) is 0 Å². The maximum atomic E-state index is 13.7. The smallest absolute Gasteiger partial charge is 0.232 e. The lowest BCUT2D eigenvalue weighted by molar-refractivity contribution is -0.122. The van der Waals surface area contributed by atoms with Crippen molar-refractivity contribution in [1.82, 2.24) is 10.2 Å². The Morgan fingerprint density at radius 3 is 2.21 bits per heavy atom. The number of nitrogens with one attached hydrogen (secondary N) is 1. The molecule has 29 heavy (non-hydrogen) atoms. The van der Waals surface area contributed by atoms with Crippen molar-refractivity contribution in [2.24, 2.45) is 0 Å². The number of fused-ring (bicyclic) bond motifs is 2. The first-order chi connectivity index (χ1) is 14.0. The zero-order valence-corrected chi connectivity index (χ0v) is 16.4. The molecule has 0 saturated carbocycles. The van der Waals surface area contributed by atoms with Gasteiger partial charge in [0.2, 0.25) is 5.91 Å². The predicted molar refractivity (Wildman–Crippen MR) is 111 cm³/mol. The Bertz CT molecular complexity index is 989. The third kappa shape index (κ3) is 3.87. The Hall–Kier alpha value is -3.18. The first kappa shape index (κ1) is 19.2. The second kappa shape index (κ2) is 8.05. The van der Waals surface area contributed by atoms with Gasteiger partial charge in [0, 0.05) is 17.7 Å². The summed E-state index contributed by atoms with van der Waals surface area (Å²) in [7, 11) is 3.83. The molecule has 1 aliphatic rings. The molecule has 0 saturated heterocycles. The quantitative estimate of drug-likeness (QED) is 0.698. The van der Waals surface area contributed by atoms with Gasteiger partial charge in [0.1, 0.15) is 17.3 Å². The highest BCUT2D eigenvalue weighted by Crippen LogP contribution is 2.43. The molecule has 148 valence electrons. The van der Waals surface area contributed by atoms with Crippen molar-refractivity contribution in [3.8, 4) is 11.5 Å². The molecule has 4 rings (SSSR count). The molecule has 0 aromatic heterocycles. The van der Waals surface area contributed by atoms with Crippen LogP contribution in [-0.4, -0.2) is 31.4 Å². The van der Waals surface area contributed by atoms with Gasteiger partial charge in [0.15, 0.2) is 0 Å². The molecular formula is C24H23FN2O2. The third-order valence-electron chi connectivity index (χ3n) is 5.27. The molecule has 4 nitrogen and oxygen atoms in total. The maximum Gasteiger partial charge on any atom is 0.232 e. The zero-order chi connectivity index (χ0) is 20.4. The van der Waals surface area contributed by atoms with Gasteiger partial charge in [0.05, 0.1) is 12.0 Å². The summed E-state index contributed by atoms with van der Waals surface area (Å²) in [5.41, 5.74) is 2.51. The first-order valence-electron chi connectivity index (χ1n) is 9.60. The number of benzene rings is 3. The monoisotopic (exact) mass is 390 g/mol. The van der Waals surface area contributed by atoms with Crippen molar-refractivity contribution in [2.45, 2.75) is 12.0 Å². The number of carbonyl (C=O) groups excluding carboxylic acids is 1. The fourth-order valence-corrected chi connectivity index (χ4v) is 3.80. The number of rotatable bonds is 5. The van der Waals surface area contributed by atoms with Crippen molar-refractivity contribution in [3.05, 3.63) is 95.3 Å². The number of ether oxygens (including phenoxy) is 1. The first-order valence-corrected chi connectivity index (χ1v) is 9.60. The predicted octanol–water partition coefficient (Wildman–Crippen LogP) is 4.48.